The largest absolute Gasteiger partial charge is 0.454 e. The van der Waals surface area contributed by atoms with Gasteiger partial charge in [0.25, 0.3) is 11.8 Å². The second kappa shape index (κ2) is 7.56. The molecule has 1 fully saturated rings. The Bertz CT molecular complexity index is 866. The van der Waals surface area contributed by atoms with Crippen molar-refractivity contribution in [2.45, 2.75) is 19.8 Å². The molecule has 3 heterocycles. The highest BCUT2D eigenvalue weighted by atomic mass is 32.1. The summed E-state index contributed by atoms with van der Waals surface area (Å²) >= 11 is 1.38. The molecule has 142 valence electrons. The Labute approximate surface area is 161 Å². The van der Waals surface area contributed by atoms with Gasteiger partial charge in [-0.05, 0) is 43.9 Å². The molecule has 1 N–H and O–H groups in total. The maximum atomic E-state index is 12.7. The lowest BCUT2D eigenvalue weighted by molar-refractivity contribution is 0.0674. The Balaban J connectivity index is 1.33. The third-order valence-corrected chi connectivity index (χ3v) is 5.85. The van der Waals surface area contributed by atoms with E-state index in [-0.39, 0.29) is 24.5 Å². The van der Waals surface area contributed by atoms with E-state index in [0.29, 0.717) is 35.0 Å². The van der Waals surface area contributed by atoms with Crippen molar-refractivity contribution in [2.75, 3.05) is 26.4 Å². The van der Waals surface area contributed by atoms with Gasteiger partial charge in [0.15, 0.2) is 11.5 Å². The van der Waals surface area contributed by atoms with E-state index in [1.54, 1.807) is 23.7 Å². The zero-order valence-electron chi connectivity index (χ0n) is 15.1. The van der Waals surface area contributed by atoms with Gasteiger partial charge in [-0.3, -0.25) is 9.59 Å². The summed E-state index contributed by atoms with van der Waals surface area (Å²) in [4.78, 5) is 31.9. The molecule has 1 aromatic heterocycles. The molecule has 1 atom stereocenters. The van der Waals surface area contributed by atoms with Crippen LogP contribution in [-0.2, 0) is 0 Å². The number of aromatic nitrogens is 1. The minimum atomic E-state index is -0.143. The van der Waals surface area contributed by atoms with Gasteiger partial charge in [0.2, 0.25) is 6.79 Å². The van der Waals surface area contributed by atoms with Crippen LogP contribution in [0.3, 0.4) is 0 Å². The van der Waals surface area contributed by atoms with Gasteiger partial charge in [-0.25, -0.2) is 4.98 Å². The van der Waals surface area contributed by atoms with Crippen molar-refractivity contribution in [1.82, 2.24) is 15.2 Å². The topological polar surface area (TPSA) is 80.8 Å². The van der Waals surface area contributed by atoms with Gasteiger partial charge in [0.1, 0.15) is 4.88 Å². The lowest BCUT2D eigenvalue weighted by atomic mass is 9.97. The zero-order valence-corrected chi connectivity index (χ0v) is 15.9. The SMILES string of the molecule is Cc1ncsc1C(=O)N1CCCC(CNC(=O)c2ccc3c(c2)OCO3)C1. The molecule has 1 unspecified atom stereocenters. The number of hydrogen-bond donors (Lipinski definition) is 1. The second-order valence-corrected chi connectivity index (χ2v) is 7.66. The fourth-order valence-corrected chi connectivity index (χ4v) is 4.21. The number of nitrogens with one attached hydrogen (secondary N) is 1. The molecule has 8 heteroatoms. The highest BCUT2D eigenvalue weighted by Gasteiger charge is 2.27. The van der Waals surface area contributed by atoms with Crippen LogP contribution in [0.25, 0.3) is 0 Å². The van der Waals surface area contributed by atoms with Crippen LogP contribution < -0.4 is 14.8 Å². The molecule has 7 nitrogen and oxygen atoms in total. The fraction of sp³-hybridized carbons (Fsp3) is 0.421. The van der Waals surface area contributed by atoms with Crippen LogP contribution in [0, 0.1) is 12.8 Å². The molecule has 2 aliphatic rings. The smallest absolute Gasteiger partial charge is 0.265 e. The normalized spacial score (nSPS) is 18.4. The standard InChI is InChI=1S/C19H21N3O4S/c1-12-17(27-10-21-12)19(24)22-6-2-3-13(9-22)8-20-18(23)14-4-5-15-16(7-14)26-11-25-15/h4-5,7,10,13H,2-3,6,8-9,11H2,1H3,(H,20,23). The number of benzene rings is 1. The van der Waals surface area contributed by atoms with E-state index in [1.165, 1.54) is 11.3 Å². The molecule has 1 aromatic carbocycles. The maximum Gasteiger partial charge on any atom is 0.265 e. The molecule has 0 bridgehead atoms. The summed E-state index contributed by atoms with van der Waals surface area (Å²) < 4.78 is 10.6. The molecular weight excluding hydrogens is 366 g/mol. The first-order chi connectivity index (χ1) is 13.1. The number of hydrogen-bond acceptors (Lipinski definition) is 6. The number of amides is 2. The molecule has 0 radical (unpaired) electrons. The molecular formula is C19H21N3O4S. The maximum absolute atomic E-state index is 12.7. The fourth-order valence-electron chi connectivity index (χ4n) is 3.44. The van der Waals surface area contributed by atoms with Gasteiger partial charge in [0, 0.05) is 25.2 Å². The molecule has 2 aliphatic heterocycles. The first-order valence-electron chi connectivity index (χ1n) is 8.99. The van der Waals surface area contributed by atoms with Crippen molar-refractivity contribution in [2.24, 2.45) is 5.92 Å². The number of aryl methyl sites for hydroxylation is 1. The molecule has 0 spiro atoms. The third-order valence-electron chi connectivity index (χ3n) is 4.93. The number of carbonyl (C=O) groups excluding carboxylic acids is 2. The Morgan fingerprint density at radius 3 is 3.00 bits per heavy atom. The second-order valence-electron chi connectivity index (χ2n) is 6.80. The summed E-state index contributed by atoms with van der Waals surface area (Å²) in [6.07, 6.45) is 1.93. The van der Waals surface area contributed by atoms with E-state index < -0.39 is 0 Å². The van der Waals surface area contributed by atoms with Crippen LogP contribution in [0.4, 0.5) is 0 Å². The number of ether oxygens (including phenoxy) is 2. The predicted octanol–water partition coefficient (Wildman–Crippen LogP) is 2.46. The number of likely N-dealkylation sites (tertiary alicyclic amines) is 1. The minimum Gasteiger partial charge on any atom is -0.454 e. The summed E-state index contributed by atoms with van der Waals surface area (Å²) in [5, 5.41) is 2.98. The number of nitrogens with zero attached hydrogens (tertiary/aromatic N) is 2. The number of rotatable bonds is 4. The van der Waals surface area contributed by atoms with Gasteiger partial charge in [-0.1, -0.05) is 0 Å². The summed E-state index contributed by atoms with van der Waals surface area (Å²) in [5.74, 6) is 1.40. The van der Waals surface area contributed by atoms with Crippen molar-refractivity contribution >= 4 is 23.2 Å². The summed E-state index contributed by atoms with van der Waals surface area (Å²) in [5.41, 5.74) is 3.03. The monoisotopic (exact) mass is 387 g/mol. The van der Waals surface area contributed by atoms with Gasteiger partial charge in [-0.2, -0.15) is 0 Å². The van der Waals surface area contributed by atoms with Crippen molar-refractivity contribution in [1.29, 1.82) is 0 Å². The Hall–Kier alpha value is -2.61. The number of carbonyl (C=O) groups is 2. The Morgan fingerprint density at radius 2 is 2.19 bits per heavy atom. The quantitative estimate of drug-likeness (QED) is 0.872. The number of fused-ring (bicyclic) bond motifs is 1. The van der Waals surface area contributed by atoms with Crippen LogP contribution in [0.2, 0.25) is 0 Å². The summed E-state index contributed by atoms with van der Waals surface area (Å²) in [7, 11) is 0. The van der Waals surface area contributed by atoms with Crippen molar-refractivity contribution in [3.63, 3.8) is 0 Å². The average molecular weight is 387 g/mol. The van der Waals surface area contributed by atoms with E-state index >= 15 is 0 Å². The lowest BCUT2D eigenvalue weighted by Gasteiger charge is -2.32. The zero-order chi connectivity index (χ0) is 18.8. The summed E-state index contributed by atoms with van der Waals surface area (Å²) in [6.45, 7) is 3.99. The van der Waals surface area contributed by atoms with Crippen LogP contribution >= 0.6 is 11.3 Å². The van der Waals surface area contributed by atoms with Crippen molar-refractivity contribution < 1.29 is 19.1 Å². The van der Waals surface area contributed by atoms with E-state index in [1.807, 2.05) is 11.8 Å². The molecule has 2 aromatic rings. The first-order valence-corrected chi connectivity index (χ1v) is 9.87. The van der Waals surface area contributed by atoms with Crippen LogP contribution in [0.1, 0.15) is 38.6 Å². The average Bonchev–Trinajstić information content (AvgIpc) is 3.33. The van der Waals surface area contributed by atoms with Crippen molar-refractivity contribution in [3.8, 4) is 11.5 Å². The van der Waals surface area contributed by atoms with E-state index in [0.717, 1.165) is 25.1 Å². The van der Waals surface area contributed by atoms with E-state index in [2.05, 4.69) is 10.3 Å². The van der Waals surface area contributed by atoms with Gasteiger partial charge < -0.3 is 19.7 Å². The van der Waals surface area contributed by atoms with Crippen molar-refractivity contribution in [3.05, 3.63) is 39.8 Å². The van der Waals surface area contributed by atoms with E-state index in [9.17, 15) is 9.59 Å². The third kappa shape index (κ3) is 3.75. The molecule has 27 heavy (non-hydrogen) atoms. The lowest BCUT2D eigenvalue weighted by Crippen LogP contribution is -2.43. The highest BCUT2D eigenvalue weighted by Crippen LogP contribution is 2.32. The molecule has 4 rings (SSSR count). The summed E-state index contributed by atoms with van der Waals surface area (Å²) in [6, 6.07) is 5.17. The Kier molecular flexibility index (Phi) is 4.98. The van der Waals surface area contributed by atoms with Crippen LogP contribution in [0.15, 0.2) is 23.7 Å². The van der Waals surface area contributed by atoms with Crippen LogP contribution in [-0.4, -0.2) is 48.1 Å². The molecule has 1 saturated heterocycles. The predicted molar refractivity (Wildman–Crippen MR) is 100 cm³/mol. The number of thiazole rings is 1. The molecule has 2 amide bonds. The minimum absolute atomic E-state index is 0.0433. The molecule has 0 aliphatic carbocycles. The van der Waals surface area contributed by atoms with E-state index in [4.69, 9.17) is 9.47 Å². The number of piperidine rings is 1. The first kappa shape index (κ1) is 17.8. The highest BCUT2D eigenvalue weighted by molar-refractivity contribution is 7.11. The Morgan fingerprint density at radius 1 is 1.33 bits per heavy atom. The van der Waals surface area contributed by atoms with Crippen LogP contribution in [0.5, 0.6) is 11.5 Å². The van der Waals surface area contributed by atoms with Gasteiger partial charge >= 0.3 is 0 Å². The van der Waals surface area contributed by atoms with Gasteiger partial charge in [-0.15, -0.1) is 11.3 Å². The molecule has 0 saturated carbocycles. The van der Waals surface area contributed by atoms with Gasteiger partial charge in [0.05, 0.1) is 11.2 Å².